The van der Waals surface area contributed by atoms with Crippen LogP contribution < -0.4 is 16.6 Å². The molecule has 0 aromatic carbocycles. The number of nitrogens with one attached hydrogen (secondary N) is 2. The number of carbonyl (C=O) groups is 1. The number of nitrogens with two attached hydrogens (primary N) is 1. The Hall–Kier alpha value is -2.06. The van der Waals surface area contributed by atoms with Gasteiger partial charge in [0.1, 0.15) is 5.01 Å². The van der Waals surface area contributed by atoms with E-state index in [4.69, 9.17) is 5.84 Å². The summed E-state index contributed by atoms with van der Waals surface area (Å²) in [5.74, 6) is 3.63. The predicted octanol–water partition coefficient (Wildman–Crippen LogP) is 1.76. The molecule has 20 heavy (non-hydrogen) atoms. The maximum atomic E-state index is 13.9. The van der Waals surface area contributed by atoms with Gasteiger partial charge in [0, 0.05) is 17.3 Å². The second-order valence-electron chi connectivity index (χ2n) is 4.17. The third kappa shape index (κ3) is 2.91. The molecule has 0 spiro atoms. The molecule has 0 fully saturated rings. The van der Waals surface area contributed by atoms with Crippen LogP contribution in [-0.4, -0.2) is 15.9 Å². The van der Waals surface area contributed by atoms with Crippen molar-refractivity contribution in [3.8, 4) is 0 Å². The fourth-order valence-corrected chi connectivity index (χ4v) is 2.40. The van der Waals surface area contributed by atoms with E-state index in [2.05, 4.69) is 20.7 Å². The van der Waals surface area contributed by atoms with Crippen molar-refractivity contribution in [3.05, 3.63) is 39.7 Å². The number of pyridine rings is 1. The van der Waals surface area contributed by atoms with Gasteiger partial charge in [-0.15, -0.1) is 11.3 Å². The highest BCUT2D eigenvalue weighted by Crippen LogP contribution is 2.20. The van der Waals surface area contributed by atoms with E-state index in [1.807, 2.05) is 6.92 Å². The predicted molar refractivity (Wildman–Crippen MR) is 74.7 cm³/mol. The van der Waals surface area contributed by atoms with Gasteiger partial charge in [-0.25, -0.2) is 20.2 Å². The Morgan fingerprint density at radius 2 is 2.25 bits per heavy atom. The van der Waals surface area contributed by atoms with Crippen LogP contribution >= 0.6 is 11.3 Å². The number of thiazole rings is 1. The molecule has 6 nitrogen and oxygen atoms in total. The summed E-state index contributed by atoms with van der Waals surface area (Å²) in [5, 5.41) is 3.46. The number of anilines is 1. The Morgan fingerprint density at radius 3 is 2.85 bits per heavy atom. The number of amides is 1. The van der Waals surface area contributed by atoms with Gasteiger partial charge < -0.3 is 10.7 Å². The quantitative estimate of drug-likeness (QED) is 0.590. The lowest BCUT2D eigenvalue weighted by molar-refractivity contribution is 0.0935. The van der Waals surface area contributed by atoms with Gasteiger partial charge in [0.15, 0.2) is 11.6 Å². The van der Waals surface area contributed by atoms with Crippen LogP contribution in [0.15, 0.2) is 18.5 Å². The second-order valence-corrected chi connectivity index (χ2v) is 5.44. The first-order valence-corrected chi connectivity index (χ1v) is 6.69. The number of hydrogen-bond acceptors (Lipinski definition) is 6. The topological polar surface area (TPSA) is 92.9 Å². The first-order chi connectivity index (χ1) is 9.52. The monoisotopic (exact) mass is 295 g/mol. The van der Waals surface area contributed by atoms with Crippen LogP contribution in [0.25, 0.3) is 0 Å². The molecule has 0 bridgehead atoms. The molecule has 2 aromatic heterocycles. The van der Waals surface area contributed by atoms with Gasteiger partial charge in [-0.05, 0) is 19.9 Å². The minimum Gasteiger partial charge on any atom is -0.343 e. The van der Waals surface area contributed by atoms with Crippen LogP contribution in [-0.2, 0) is 0 Å². The molecule has 0 aliphatic heterocycles. The standard InChI is InChI=1S/C12H14FN5OS/c1-6-5-16-12(20-6)7(2)17-11(19)8-3-4-15-10(18-14)9(8)13/h3-5,7H,14H2,1-2H3,(H,15,18)(H,17,19). The molecule has 8 heteroatoms. The molecule has 1 atom stereocenters. The van der Waals surface area contributed by atoms with Crippen molar-refractivity contribution < 1.29 is 9.18 Å². The van der Waals surface area contributed by atoms with Gasteiger partial charge in [-0.2, -0.15) is 0 Å². The number of halogens is 1. The summed E-state index contributed by atoms with van der Waals surface area (Å²) in [6, 6.07) is 0.994. The van der Waals surface area contributed by atoms with Crippen LogP contribution in [0.2, 0.25) is 0 Å². The van der Waals surface area contributed by atoms with Crippen molar-refractivity contribution in [2.75, 3.05) is 5.43 Å². The molecule has 0 aliphatic rings. The van der Waals surface area contributed by atoms with Gasteiger partial charge in [0.25, 0.3) is 5.91 Å². The molecule has 0 aliphatic carbocycles. The van der Waals surface area contributed by atoms with E-state index in [0.717, 1.165) is 9.88 Å². The zero-order valence-electron chi connectivity index (χ0n) is 11.0. The third-order valence-electron chi connectivity index (χ3n) is 2.63. The molecule has 2 aromatic rings. The number of nitrogen functional groups attached to an aromatic ring is 1. The van der Waals surface area contributed by atoms with E-state index in [1.165, 1.54) is 23.6 Å². The molecule has 4 N–H and O–H groups in total. The van der Waals surface area contributed by atoms with Crippen molar-refractivity contribution in [2.45, 2.75) is 19.9 Å². The van der Waals surface area contributed by atoms with Gasteiger partial charge in [0.2, 0.25) is 0 Å². The summed E-state index contributed by atoms with van der Waals surface area (Å²) in [4.78, 5) is 21.0. The average Bonchev–Trinajstić information content (AvgIpc) is 2.85. The summed E-state index contributed by atoms with van der Waals surface area (Å²) in [5.41, 5.74) is 1.98. The van der Waals surface area contributed by atoms with Crippen LogP contribution in [0.5, 0.6) is 0 Å². The Bertz CT molecular complexity index is 630. The molecule has 1 unspecified atom stereocenters. The molecule has 2 rings (SSSR count). The van der Waals surface area contributed by atoms with Gasteiger partial charge >= 0.3 is 0 Å². The fraction of sp³-hybridized carbons (Fsp3) is 0.250. The van der Waals surface area contributed by atoms with Crippen molar-refractivity contribution in [3.63, 3.8) is 0 Å². The smallest absolute Gasteiger partial charge is 0.255 e. The Balaban J connectivity index is 2.16. The lowest BCUT2D eigenvalue weighted by atomic mass is 10.2. The lowest BCUT2D eigenvalue weighted by Crippen LogP contribution is -2.28. The van der Waals surface area contributed by atoms with Crippen molar-refractivity contribution >= 4 is 23.1 Å². The Kier molecular flexibility index (Phi) is 4.26. The van der Waals surface area contributed by atoms with Crippen LogP contribution in [0.3, 0.4) is 0 Å². The number of aromatic nitrogens is 2. The first-order valence-electron chi connectivity index (χ1n) is 5.87. The van der Waals surface area contributed by atoms with Gasteiger partial charge in [-0.1, -0.05) is 0 Å². The molecular weight excluding hydrogens is 281 g/mol. The molecular formula is C12H14FN5OS. The molecule has 2 heterocycles. The van der Waals surface area contributed by atoms with Crippen molar-refractivity contribution in [1.82, 2.24) is 15.3 Å². The number of carbonyl (C=O) groups excluding carboxylic acids is 1. The average molecular weight is 295 g/mol. The number of hydrogen-bond donors (Lipinski definition) is 3. The molecule has 0 saturated heterocycles. The zero-order valence-corrected chi connectivity index (χ0v) is 11.8. The van der Waals surface area contributed by atoms with Crippen LogP contribution in [0.4, 0.5) is 10.2 Å². The highest BCUT2D eigenvalue weighted by Gasteiger charge is 2.19. The van der Waals surface area contributed by atoms with Crippen LogP contribution in [0.1, 0.15) is 33.2 Å². The first kappa shape index (κ1) is 14.4. The minimum atomic E-state index is -0.782. The molecule has 106 valence electrons. The van der Waals surface area contributed by atoms with E-state index < -0.39 is 11.7 Å². The largest absolute Gasteiger partial charge is 0.343 e. The van der Waals surface area contributed by atoms with Crippen LogP contribution in [0, 0.1) is 12.7 Å². The number of rotatable bonds is 4. The van der Waals surface area contributed by atoms with Gasteiger partial charge in [-0.3, -0.25) is 4.79 Å². The normalized spacial score (nSPS) is 12.0. The maximum absolute atomic E-state index is 13.9. The Labute approximate surface area is 119 Å². The SMILES string of the molecule is Cc1cnc(C(C)NC(=O)c2ccnc(NN)c2F)s1. The number of aryl methyl sites for hydroxylation is 1. The lowest BCUT2D eigenvalue weighted by Gasteiger charge is -2.12. The van der Waals surface area contributed by atoms with Crippen molar-refractivity contribution in [2.24, 2.45) is 5.84 Å². The molecule has 0 radical (unpaired) electrons. The van der Waals surface area contributed by atoms with E-state index in [1.54, 1.807) is 13.1 Å². The fourth-order valence-electron chi connectivity index (χ4n) is 1.63. The van der Waals surface area contributed by atoms with E-state index in [-0.39, 0.29) is 17.4 Å². The zero-order chi connectivity index (χ0) is 14.7. The number of hydrazine groups is 1. The molecule has 0 saturated carbocycles. The highest BCUT2D eigenvalue weighted by atomic mass is 32.1. The summed E-state index contributed by atoms with van der Waals surface area (Å²) in [6.45, 7) is 3.72. The van der Waals surface area contributed by atoms with E-state index in [0.29, 0.717) is 0 Å². The third-order valence-corrected chi connectivity index (χ3v) is 3.72. The summed E-state index contributed by atoms with van der Waals surface area (Å²) >= 11 is 1.48. The van der Waals surface area contributed by atoms with Gasteiger partial charge in [0.05, 0.1) is 11.6 Å². The van der Waals surface area contributed by atoms with Crippen molar-refractivity contribution in [1.29, 1.82) is 0 Å². The minimum absolute atomic E-state index is 0.118. The number of nitrogens with zero attached hydrogens (tertiary/aromatic N) is 2. The summed E-state index contributed by atoms with van der Waals surface area (Å²) in [7, 11) is 0. The van der Waals surface area contributed by atoms with E-state index >= 15 is 0 Å². The van der Waals surface area contributed by atoms with E-state index in [9.17, 15) is 9.18 Å². The summed E-state index contributed by atoms with van der Waals surface area (Å²) < 4.78 is 13.9. The molecule has 1 amide bonds. The Morgan fingerprint density at radius 1 is 1.50 bits per heavy atom. The second kappa shape index (κ2) is 5.93. The maximum Gasteiger partial charge on any atom is 0.255 e. The summed E-state index contributed by atoms with van der Waals surface area (Å²) in [6.07, 6.45) is 3.04. The highest BCUT2D eigenvalue weighted by molar-refractivity contribution is 7.11.